The van der Waals surface area contributed by atoms with Gasteiger partial charge in [-0.3, -0.25) is 0 Å². The highest BCUT2D eigenvalue weighted by atomic mass is 35.5. The van der Waals surface area contributed by atoms with Crippen molar-refractivity contribution >= 4 is 34.6 Å². The molecule has 0 radical (unpaired) electrons. The predicted octanol–water partition coefficient (Wildman–Crippen LogP) is 3.72. The first-order chi connectivity index (χ1) is 9.11. The molecule has 1 unspecified atom stereocenters. The monoisotopic (exact) mass is 296 g/mol. The number of aliphatic hydroxyl groups is 1. The van der Waals surface area contributed by atoms with Crippen molar-refractivity contribution in [2.45, 2.75) is 6.04 Å². The van der Waals surface area contributed by atoms with Crippen molar-refractivity contribution in [2.75, 3.05) is 17.7 Å². The van der Waals surface area contributed by atoms with Gasteiger partial charge in [0.15, 0.2) is 0 Å². The van der Waals surface area contributed by atoms with Crippen molar-refractivity contribution in [1.29, 1.82) is 0 Å². The van der Waals surface area contributed by atoms with Gasteiger partial charge in [0.2, 0.25) is 0 Å². The van der Waals surface area contributed by atoms with Gasteiger partial charge in [0.1, 0.15) is 0 Å². The van der Waals surface area contributed by atoms with Crippen molar-refractivity contribution in [3.63, 3.8) is 0 Å². The van der Waals surface area contributed by atoms with E-state index < -0.39 is 0 Å². The van der Waals surface area contributed by atoms with Crippen molar-refractivity contribution in [2.24, 2.45) is 0 Å². The lowest BCUT2D eigenvalue weighted by molar-refractivity contribution is 0.276. The maximum Gasteiger partial charge on any atom is 0.0746 e. The van der Waals surface area contributed by atoms with Crippen molar-refractivity contribution < 1.29 is 5.11 Å². The third-order valence-electron chi connectivity index (χ3n) is 2.77. The summed E-state index contributed by atoms with van der Waals surface area (Å²) >= 11 is 12.2. The Morgan fingerprint density at radius 1 is 1.11 bits per heavy atom. The fourth-order valence-corrected chi connectivity index (χ4v) is 2.44. The third-order valence-corrected chi connectivity index (χ3v) is 3.36. The van der Waals surface area contributed by atoms with Crippen LogP contribution in [0.4, 0.5) is 11.4 Å². The van der Waals surface area contributed by atoms with Crippen LogP contribution in [0.25, 0.3) is 0 Å². The van der Waals surface area contributed by atoms with E-state index in [1.54, 1.807) is 12.1 Å². The molecule has 0 amide bonds. The molecule has 3 nitrogen and oxygen atoms in total. The number of anilines is 2. The van der Waals surface area contributed by atoms with Gasteiger partial charge in [-0.2, -0.15) is 0 Å². The molecule has 0 aliphatic heterocycles. The second kappa shape index (κ2) is 6.15. The molecule has 2 aromatic carbocycles. The molecule has 0 aromatic heterocycles. The SMILES string of the molecule is Nc1cc(Cl)c(NC(CO)c2ccccc2)c(Cl)c1. The molecule has 2 rings (SSSR count). The number of nitrogens with one attached hydrogen (secondary N) is 1. The minimum absolute atomic E-state index is 0.0684. The zero-order valence-electron chi connectivity index (χ0n) is 10.1. The molecule has 0 saturated heterocycles. The van der Waals surface area contributed by atoms with Gasteiger partial charge >= 0.3 is 0 Å². The number of nitrogen functional groups attached to an aromatic ring is 1. The fourth-order valence-electron chi connectivity index (χ4n) is 1.82. The van der Waals surface area contributed by atoms with Crippen molar-refractivity contribution in [1.82, 2.24) is 0 Å². The van der Waals surface area contributed by atoms with E-state index in [1.807, 2.05) is 30.3 Å². The van der Waals surface area contributed by atoms with Crippen LogP contribution in [-0.2, 0) is 0 Å². The normalized spacial score (nSPS) is 12.2. The van der Waals surface area contributed by atoms with Crippen molar-refractivity contribution in [3.05, 3.63) is 58.1 Å². The third kappa shape index (κ3) is 3.32. The summed E-state index contributed by atoms with van der Waals surface area (Å²) in [5.41, 5.74) is 7.68. The molecule has 4 N–H and O–H groups in total. The molecule has 19 heavy (non-hydrogen) atoms. The topological polar surface area (TPSA) is 58.3 Å². The summed E-state index contributed by atoms with van der Waals surface area (Å²) in [4.78, 5) is 0. The number of halogens is 2. The minimum Gasteiger partial charge on any atom is -0.399 e. The second-order valence-electron chi connectivity index (χ2n) is 4.15. The first-order valence-electron chi connectivity index (χ1n) is 5.78. The van der Waals surface area contributed by atoms with Gasteiger partial charge in [0.05, 0.1) is 28.4 Å². The van der Waals surface area contributed by atoms with E-state index in [-0.39, 0.29) is 12.6 Å². The summed E-state index contributed by atoms with van der Waals surface area (Å²) in [6, 6.07) is 12.5. The lowest BCUT2D eigenvalue weighted by Gasteiger charge is -2.20. The zero-order chi connectivity index (χ0) is 13.8. The maximum absolute atomic E-state index is 9.50. The lowest BCUT2D eigenvalue weighted by Crippen LogP contribution is -2.15. The van der Waals surface area contributed by atoms with E-state index in [0.29, 0.717) is 21.4 Å². The number of rotatable bonds is 4. The van der Waals surface area contributed by atoms with Gasteiger partial charge < -0.3 is 16.2 Å². The van der Waals surface area contributed by atoms with Gasteiger partial charge in [-0.05, 0) is 17.7 Å². The van der Waals surface area contributed by atoms with Gasteiger partial charge in [-0.25, -0.2) is 0 Å². The number of aliphatic hydroxyl groups excluding tert-OH is 1. The highest BCUT2D eigenvalue weighted by Crippen LogP contribution is 2.35. The molecule has 0 saturated carbocycles. The van der Waals surface area contributed by atoms with E-state index in [1.165, 1.54) is 0 Å². The molecule has 0 fully saturated rings. The number of nitrogens with two attached hydrogens (primary N) is 1. The molecule has 0 heterocycles. The molecule has 0 spiro atoms. The Hall–Kier alpha value is -1.42. The summed E-state index contributed by atoms with van der Waals surface area (Å²) in [6.45, 7) is -0.0684. The molecular formula is C14H14Cl2N2O. The Labute approximate surface area is 122 Å². The molecule has 100 valence electrons. The smallest absolute Gasteiger partial charge is 0.0746 e. The molecule has 0 bridgehead atoms. The summed E-state index contributed by atoms with van der Waals surface area (Å²) in [7, 11) is 0. The van der Waals surface area contributed by atoms with Crippen LogP contribution in [0, 0.1) is 0 Å². The minimum atomic E-state index is -0.278. The van der Waals surface area contributed by atoms with Crippen LogP contribution in [0.1, 0.15) is 11.6 Å². The first kappa shape index (κ1) is 14.0. The Kier molecular flexibility index (Phi) is 4.53. The molecular weight excluding hydrogens is 283 g/mol. The number of hydrogen-bond acceptors (Lipinski definition) is 3. The Morgan fingerprint density at radius 2 is 1.68 bits per heavy atom. The Morgan fingerprint density at radius 3 is 2.21 bits per heavy atom. The van der Waals surface area contributed by atoms with Crippen molar-refractivity contribution in [3.8, 4) is 0 Å². The molecule has 2 aromatic rings. The van der Waals surface area contributed by atoms with E-state index in [0.717, 1.165) is 5.56 Å². The number of hydrogen-bond donors (Lipinski definition) is 3. The van der Waals surface area contributed by atoms with E-state index in [9.17, 15) is 5.11 Å². The summed E-state index contributed by atoms with van der Waals surface area (Å²) in [5.74, 6) is 0. The highest BCUT2D eigenvalue weighted by Gasteiger charge is 2.14. The Balaban J connectivity index is 2.29. The molecule has 0 aliphatic carbocycles. The molecule has 5 heteroatoms. The zero-order valence-corrected chi connectivity index (χ0v) is 11.6. The molecule has 1 atom stereocenters. The van der Waals surface area contributed by atoms with E-state index >= 15 is 0 Å². The van der Waals surface area contributed by atoms with Crippen LogP contribution in [-0.4, -0.2) is 11.7 Å². The largest absolute Gasteiger partial charge is 0.399 e. The van der Waals surface area contributed by atoms with E-state index in [4.69, 9.17) is 28.9 Å². The van der Waals surface area contributed by atoms with Crippen LogP contribution in [0.15, 0.2) is 42.5 Å². The quantitative estimate of drug-likeness (QED) is 0.754. The van der Waals surface area contributed by atoms with Crippen LogP contribution in [0.5, 0.6) is 0 Å². The van der Waals surface area contributed by atoms with Crippen LogP contribution in [0.3, 0.4) is 0 Å². The Bertz CT molecular complexity index is 538. The predicted molar refractivity (Wildman–Crippen MR) is 80.8 cm³/mol. The fraction of sp³-hybridized carbons (Fsp3) is 0.143. The summed E-state index contributed by atoms with van der Waals surface area (Å²) in [5, 5.41) is 13.5. The van der Waals surface area contributed by atoms with Crippen LogP contribution >= 0.6 is 23.2 Å². The standard InChI is InChI=1S/C14H14Cl2N2O/c15-11-6-10(17)7-12(16)14(11)18-13(8-19)9-4-2-1-3-5-9/h1-7,13,18-19H,8,17H2. The average molecular weight is 297 g/mol. The van der Waals surface area contributed by atoms with Gasteiger partial charge in [0, 0.05) is 5.69 Å². The molecule has 0 aliphatic rings. The number of benzene rings is 2. The maximum atomic E-state index is 9.50. The van der Waals surface area contributed by atoms with Crippen LogP contribution < -0.4 is 11.1 Å². The van der Waals surface area contributed by atoms with Gasteiger partial charge in [0.25, 0.3) is 0 Å². The summed E-state index contributed by atoms with van der Waals surface area (Å²) in [6.07, 6.45) is 0. The van der Waals surface area contributed by atoms with Crippen LogP contribution in [0.2, 0.25) is 10.0 Å². The van der Waals surface area contributed by atoms with Gasteiger partial charge in [-0.1, -0.05) is 53.5 Å². The van der Waals surface area contributed by atoms with Gasteiger partial charge in [-0.15, -0.1) is 0 Å². The second-order valence-corrected chi connectivity index (χ2v) is 4.96. The highest BCUT2D eigenvalue weighted by molar-refractivity contribution is 6.39. The lowest BCUT2D eigenvalue weighted by atomic mass is 10.1. The summed E-state index contributed by atoms with van der Waals surface area (Å²) < 4.78 is 0. The van der Waals surface area contributed by atoms with E-state index in [2.05, 4.69) is 5.32 Å². The average Bonchev–Trinajstić information content (AvgIpc) is 2.39. The first-order valence-corrected chi connectivity index (χ1v) is 6.54.